The lowest BCUT2D eigenvalue weighted by molar-refractivity contribution is 0.327. The number of benzene rings is 8. The van der Waals surface area contributed by atoms with E-state index in [0.717, 1.165) is 39.3 Å². The van der Waals surface area contributed by atoms with E-state index < -0.39 is 11.5 Å². The van der Waals surface area contributed by atoms with Crippen LogP contribution in [0.2, 0.25) is 0 Å². The number of terminal acetylenes is 1. The Balaban J connectivity index is 1.15. The highest BCUT2D eigenvalue weighted by Crippen LogP contribution is 2.39. The maximum atomic E-state index is 10.5. The maximum Gasteiger partial charge on any atom is 0.173 e. The van der Waals surface area contributed by atoms with E-state index in [0.29, 0.717) is 5.57 Å². The molecule has 0 saturated heterocycles. The van der Waals surface area contributed by atoms with Crippen LogP contribution >= 0.6 is 0 Å². The quantitative estimate of drug-likeness (QED) is 0.0881. The number of nitrogens with zero attached hydrogens (tertiary/aromatic N) is 1. The van der Waals surface area contributed by atoms with Gasteiger partial charge in [-0.25, -0.2) is 0 Å². The molecule has 274 valence electrons. The van der Waals surface area contributed by atoms with Crippen LogP contribution in [-0.2, 0) is 0 Å². The van der Waals surface area contributed by atoms with Gasteiger partial charge in [-0.1, -0.05) is 164 Å². The molecule has 0 saturated carbocycles. The lowest BCUT2D eigenvalue weighted by Gasteiger charge is -2.26. The minimum atomic E-state index is -0.464. The smallest absolute Gasteiger partial charge is 0.173 e. The van der Waals surface area contributed by atoms with Gasteiger partial charge >= 0.3 is 0 Å². The van der Waals surface area contributed by atoms with Gasteiger partial charge in [0.1, 0.15) is 0 Å². The average molecular weight is 736 g/mol. The van der Waals surface area contributed by atoms with Gasteiger partial charge in [-0.2, -0.15) is 0 Å². The van der Waals surface area contributed by atoms with Gasteiger partial charge in [-0.15, -0.1) is 6.42 Å². The van der Waals surface area contributed by atoms with Gasteiger partial charge in [-0.05, 0) is 116 Å². The summed E-state index contributed by atoms with van der Waals surface area (Å²) in [4.78, 5) is 2.29. The number of allylic oxidation sites excluding steroid dienone is 3. The van der Waals surface area contributed by atoms with Gasteiger partial charge in [0.25, 0.3) is 0 Å². The molecule has 8 aromatic rings. The molecule has 8 rings (SSSR count). The zero-order valence-corrected chi connectivity index (χ0v) is 31.9. The van der Waals surface area contributed by atoms with Crippen molar-refractivity contribution < 1.29 is 10.2 Å². The number of aliphatic hydroxyl groups excluding tert-OH is 2. The summed E-state index contributed by atoms with van der Waals surface area (Å²) in [7, 11) is 0. The van der Waals surface area contributed by atoms with Crippen molar-refractivity contribution in [3.05, 3.63) is 217 Å². The minimum absolute atomic E-state index is 0.204. The van der Waals surface area contributed by atoms with Crippen molar-refractivity contribution in [2.24, 2.45) is 0 Å². The Bertz CT molecular complexity index is 2730. The van der Waals surface area contributed by atoms with Crippen molar-refractivity contribution in [2.75, 3.05) is 4.90 Å². The van der Waals surface area contributed by atoms with Crippen LogP contribution in [0.1, 0.15) is 19.4 Å². The Morgan fingerprint density at radius 3 is 1.28 bits per heavy atom. The molecule has 0 aliphatic carbocycles. The summed E-state index contributed by atoms with van der Waals surface area (Å²) >= 11 is 0. The summed E-state index contributed by atoms with van der Waals surface area (Å²) in [6, 6.07) is 64.3. The first-order chi connectivity index (χ1) is 27.8. The van der Waals surface area contributed by atoms with Gasteiger partial charge in [-0.3, -0.25) is 0 Å². The molecule has 2 N–H and O–H groups in total. The summed E-state index contributed by atoms with van der Waals surface area (Å²) in [5.41, 5.74) is 12.6. The normalized spacial score (nSPS) is 11.5. The predicted molar refractivity (Wildman–Crippen MR) is 241 cm³/mol. The first-order valence-corrected chi connectivity index (χ1v) is 18.9. The predicted octanol–water partition coefficient (Wildman–Crippen LogP) is 14.8. The number of rotatable bonds is 9. The second kappa shape index (κ2) is 15.7. The van der Waals surface area contributed by atoms with E-state index in [-0.39, 0.29) is 5.57 Å². The first-order valence-electron chi connectivity index (χ1n) is 18.9. The van der Waals surface area contributed by atoms with Crippen molar-refractivity contribution in [1.82, 2.24) is 0 Å². The molecular formula is C54H41NO2. The van der Waals surface area contributed by atoms with Gasteiger partial charge in [0.05, 0.1) is 5.57 Å². The summed E-state index contributed by atoms with van der Waals surface area (Å²) in [5.74, 6) is 1.67. The molecule has 0 spiro atoms. The number of anilines is 3. The van der Waals surface area contributed by atoms with Crippen LogP contribution in [-0.4, -0.2) is 10.2 Å². The van der Waals surface area contributed by atoms with E-state index in [1.807, 2.05) is 38.1 Å². The van der Waals surface area contributed by atoms with Gasteiger partial charge in [0.2, 0.25) is 0 Å². The first kappa shape index (κ1) is 36.4. The Morgan fingerprint density at radius 1 is 0.491 bits per heavy atom. The molecule has 0 atom stereocenters. The highest BCUT2D eigenvalue weighted by Gasteiger charge is 2.17. The Labute approximate surface area is 334 Å². The second-order valence-electron chi connectivity index (χ2n) is 14.3. The Kier molecular flexibility index (Phi) is 10.0. The van der Waals surface area contributed by atoms with Crippen LogP contribution in [0.15, 0.2) is 211 Å². The van der Waals surface area contributed by atoms with Gasteiger partial charge < -0.3 is 15.1 Å². The largest absolute Gasteiger partial charge is 0.505 e. The molecule has 0 heterocycles. The van der Waals surface area contributed by atoms with Crippen molar-refractivity contribution in [3.8, 4) is 45.7 Å². The molecule has 3 heteroatoms. The van der Waals surface area contributed by atoms with Crippen LogP contribution in [0.4, 0.5) is 17.1 Å². The van der Waals surface area contributed by atoms with Gasteiger partial charge in [0.15, 0.2) is 11.5 Å². The highest BCUT2D eigenvalue weighted by molar-refractivity contribution is 5.98. The molecule has 0 aromatic heterocycles. The highest BCUT2D eigenvalue weighted by atomic mass is 16.3. The lowest BCUT2D eigenvalue weighted by Crippen LogP contribution is -2.09. The third-order valence-electron chi connectivity index (χ3n) is 10.5. The van der Waals surface area contributed by atoms with E-state index in [4.69, 9.17) is 6.42 Å². The van der Waals surface area contributed by atoms with Crippen LogP contribution in [0.3, 0.4) is 0 Å². The third-order valence-corrected chi connectivity index (χ3v) is 10.5. The fourth-order valence-electron chi connectivity index (χ4n) is 7.70. The molecule has 8 aromatic carbocycles. The van der Waals surface area contributed by atoms with Crippen molar-refractivity contribution in [3.63, 3.8) is 0 Å². The SMILES string of the molecule is C#C/C(C(=C(C)C)c1ccc(-c2ccc(N(c3ccc(-c4cccc5ccccc45)cc3)c3ccc(-c4cccc5ccccc45)cc3)cc2)cc1)=C(\O)C(=C)O. The van der Waals surface area contributed by atoms with Crippen LogP contribution in [0.5, 0.6) is 0 Å². The number of fused-ring (bicyclic) bond motifs is 2. The molecule has 0 aliphatic rings. The van der Waals surface area contributed by atoms with Crippen LogP contribution in [0, 0.1) is 12.3 Å². The van der Waals surface area contributed by atoms with E-state index in [2.05, 4.69) is 175 Å². The zero-order valence-electron chi connectivity index (χ0n) is 31.9. The number of hydrogen-bond donors (Lipinski definition) is 2. The Hall–Kier alpha value is -7.54. The second-order valence-corrected chi connectivity index (χ2v) is 14.3. The number of aliphatic hydroxyl groups is 2. The number of hydrogen-bond acceptors (Lipinski definition) is 3. The summed E-state index contributed by atoms with van der Waals surface area (Å²) in [6.07, 6.45) is 5.78. The summed E-state index contributed by atoms with van der Waals surface area (Å²) in [5, 5.41) is 25.3. The van der Waals surface area contributed by atoms with Crippen molar-refractivity contribution in [2.45, 2.75) is 13.8 Å². The summed E-state index contributed by atoms with van der Waals surface area (Å²) in [6.45, 7) is 7.30. The molecule has 3 nitrogen and oxygen atoms in total. The monoisotopic (exact) mass is 735 g/mol. The third kappa shape index (κ3) is 7.21. The molecular weight excluding hydrogens is 695 g/mol. The average Bonchev–Trinajstić information content (AvgIpc) is 3.25. The van der Waals surface area contributed by atoms with Crippen molar-refractivity contribution in [1.29, 1.82) is 0 Å². The topological polar surface area (TPSA) is 43.7 Å². The van der Waals surface area contributed by atoms with E-state index in [1.54, 1.807) is 0 Å². The fourth-order valence-corrected chi connectivity index (χ4v) is 7.70. The van der Waals surface area contributed by atoms with E-state index in [9.17, 15) is 10.2 Å². The Morgan fingerprint density at radius 2 is 0.877 bits per heavy atom. The lowest BCUT2D eigenvalue weighted by atomic mass is 9.91. The maximum absolute atomic E-state index is 10.5. The van der Waals surface area contributed by atoms with Gasteiger partial charge in [0, 0.05) is 17.1 Å². The summed E-state index contributed by atoms with van der Waals surface area (Å²) < 4.78 is 0. The standard InChI is InChI=1S/C54H41NO2/c1-5-48(54(57)37(4)56)53(36(2)3)44-22-20-38(21-23-44)39-24-30-45(31-25-39)55(46-32-26-42(27-33-46)51-18-10-14-40-12-6-8-16-49(40)51)47-34-28-43(29-35-47)52-19-11-15-41-13-7-9-17-50(41)52/h1,6-35,56-57H,4H2,2-3H3/b54-48+. The molecule has 0 unspecified atom stereocenters. The molecule has 0 radical (unpaired) electrons. The fraction of sp³-hybridized carbons (Fsp3) is 0.0370. The van der Waals surface area contributed by atoms with Crippen molar-refractivity contribution >= 4 is 44.2 Å². The molecule has 0 aliphatic heterocycles. The van der Waals surface area contributed by atoms with Crippen LogP contribution in [0.25, 0.3) is 60.5 Å². The molecule has 0 fully saturated rings. The van der Waals surface area contributed by atoms with E-state index >= 15 is 0 Å². The zero-order chi connectivity index (χ0) is 39.5. The molecule has 57 heavy (non-hydrogen) atoms. The minimum Gasteiger partial charge on any atom is -0.505 e. The molecule has 0 bridgehead atoms. The molecule has 0 amide bonds. The van der Waals surface area contributed by atoms with E-state index in [1.165, 1.54) is 43.8 Å². The van der Waals surface area contributed by atoms with Crippen LogP contribution < -0.4 is 4.90 Å².